The second kappa shape index (κ2) is 9.02. The Kier molecular flexibility index (Phi) is 6.71. The summed E-state index contributed by atoms with van der Waals surface area (Å²) in [6.07, 6.45) is 5.76. The van der Waals surface area contributed by atoms with E-state index in [4.69, 9.17) is 11.6 Å². The number of halogens is 2. The van der Waals surface area contributed by atoms with E-state index >= 15 is 0 Å². The number of nitrogens with zero attached hydrogens (tertiary/aromatic N) is 2. The van der Waals surface area contributed by atoms with Crippen LogP contribution in [-0.2, 0) is 16.1 Å². The van der Waals surface area contributed by atoms with Crippen LogP contribution < -0.4 is 5.32 Å². The van der Waals surface area contributed by atoms with Crippen LogP contribution in [0, 0.1) is 5.82 Å². The highest BCUT2D eigenvalue weighted by Gasteiger charge is 2.34. The van der Waals surface area contributed by atoms with Crippen LogP contribution in [0.4, 0.5) is 4.39 Å². The van der Waals surface area contributed by atoms with Gasteiger partial charge in [-0.3, -0.25) is 14.5 Å². The van der Waals surface area contributed by atoms with E-state index in [1.54, 1.807) is 6.07 Å². The topological polar surface area (TPSA) is 52.7 Å². The third kappa shape index (κ3) is 4.99. The number of carbonyl (C=O) groups is 2. The SMILES string of the molecule is CN(C(=O)C[C@@H]1C(=O)NCCN1Cc1ccc(F)cc1Cl)C1CCCCC1. The van der Waals surface area contributed by atoms with Gasteiger partial charge in [-0.1, -0.05) is 36.9 Å². The Hall–Kier alpha value is -1.66. The van der Waals surface area contributed by atoms with Crippen molar-refractivity contribution in [1.29, 1.82) is 0 Å². The van der Waals surface area contributed by atoms with Crippen LogP contribution in [-0.4, -0.2) is 53.8 Å². The van der Waals surface area contributed by atoms with E-state index in [9.17, 15) is 14.0 Å². The number of rotatable bonds is 5. The minimum atomic E-state index is -0.529. The van der Waals surface area contributed by atoms with Gasteiger partial charge >= 0.3 is 0 Å². The predicted octanol–water partition coefficient (Wildman–Crippen LogP) is 2.96. The molecule has 1 aromatic carbocycles. The number of benzene rings is 1. The zero-order valence-corrected chi connectivity index (χ0v) is 16.5. The number of hydrogen-bond donors (Lipinski definition) is 1. The van der Waals surface area contributed by atoms with Crippen molar-refractivity contribution in [2.45, 2.75) is 57.2 Å². The van der Waals surface area contributed by atoms with Gasteiger partial charge in [-0.15, -0.1) is 0 Å². The highest BCUT2D eigenvalue weighted by molar-refractivity contribution is 6.31. The van der Waals surface area contributed by atoms with E-state index in [1.807, 2.05) is 16.8 Å². The molecular formula is C20H27ClFN3O2. The summed E-state index contributed by atoms with van der Waals surface area (Å²) in [5.41, 5.74) is 0.755. The molecule has 1 aliphatic heterocycles. The molecular weight excluding hydrogens is 369 g/mol. The summed E-state index contributed by atoms with van der Waals surface area (Å²) in [6.45, 7) is 1.57. The molecule has 0 spiro atoms. The standard InChI is InChI=1S/C20H27ClFN3O2/c1-24(16-5-3-2-4-6-16)19(26)12-18-20(27)23-9-10-25(18)13-14-7-8-15(22)11-17(14)21/h7-8,11,16,18H,2-6,9-10,12-13H2,1H3,(H,23,27)/t18-/m1/s1. The lowest BCUT2D eigenvalue weighted by molar-refractivity contribution is -0.140. The summed E-state index contributed by atoms with van der Waals surface area (Å²) in [4.78, 5) is 29.0. The van der Waals surface area contributed by atoms with Crippen LogP contribution in [0.3, 0.4) is 0 Å². The van der Waals surface area contributed by atoms with Crippen LogP contribution in [0.1, 0.15) is 44.1 Å². The third-order valence-electron chi connectivity index (χ3n) is 5.71. The highest BCUT2D eigenvalue weighted by Crippen LogP contribution is 2.24. The molecule has 3 rings (SSSR count). The fraction of sp³-hybridized carbons (Fsp3) is 0.600. The third-order valence-corrected chi connectivity index (χ3v) is 6.07. The molecule has 1 heterocycles. The van der Waals surface area contributed by atoms with Gasteiger partial charge in [0.05, 0.1) is 12.5 Å². The first kappa shape index (κ1) is 20.1. The van der Waals surface area contributed by atoms with Gasteiger partial charge in [0.1, 0.15) is 5.82 Å². The maximum Gasteiger partial charge on any atom is 0.237 e. The zero-order valence-electron chi connectivity index (χ0n) is 15.7. The van der Waals surface area contributed by atoms with E-state index in [-0.39, 0.29) is 30.1 Å². The van der Waals surface area contributed by atoms with E-state index in [0.29, 0.717) is 24.7 Å². The van der Waals surface area contributed by atoms with Crippen LogP contribution in [0.15, 0.2) is 18.2 Å². The molecule has 5 nitrogen and oxygen atoms in total. The molecule has 1 saturated carbocycles. The average molecular weight is 396 g/mol. The first-order chi connectivity index (χ1) is 13.0. The molecule has 0 bridgehead atoms. The minimum absolute atomic E-state index is 0.000784. The van der Waals surface area contributed by atoms with Crippen LogP contribution in [0.5, 0.6) is 0 Å². The van der Waals surface area contributed by atoms with Crippen molar-refractivity contribution >= 4 is 23.4 Å². The number of carbonyl (C=O) groups excluding carboxylic acids is 2. The first-order valence-corrected chi connectivity index (χ1v) is 10.0. The van der Waals surface area contributed by atoms with Crippen molar-refractivity contribution in [1.82, 2.24) is 15.1 Å². The predicted molar refractivity (Wildman–Crippen MR) is 103 cm³/mol. The lowest BCUT2D eigenvalue weighted by atomic mass is 9.94. The second-order valence-corrected chi connectivity index (χ2v) is 7.92. The van der Waals surface area contributed by atoms with Gasteiger partial charge in [-0.05, 0) is 30.5 Å². The maximum absolute atomic E-state index is 13.3. The first-order valence-electron chi connectivity index (χ1n) is 9.67. The Labute approximate surface area is 164 Å². The molecule has 1 N–H and O–H groups in total. The summed E-state index contributed by atoms with van der Waals surface area (Å²) in [6, 6.07) is 4.02. The number of nitrogens with one attached hydrogen (secondary N) is 1. The van der Waals surface area contributed by atoms with Gasteiger partial charge in [0, 0.05) is 37.7 Å². The summed E-state index contributed by atoms with van der Waals surface area (Å²) in [5.74, 6) is -0.523. The maximum atomic E-state index is 13.3. The smallest absolute Gasteiger partial charge is 0.237 e. The van der Waals surface area contributed by atoms with E-state index < -0.39 is 6.04 Å². The van der Waals surface area contributed by atoms with Gasteiger partial charge in [0.15, 0.2) is 0 Å². The van der Waals surface area contributed by atoms with E-state index in [0.717, 1.165) is 31.2 Å². The van der Waals surface area contributed by atoms with Crippen molar-refractivity contribution < 1.29 is 14.0 Å². The second-order valence-electron chi connectivity index (χ2n) is 7.51. The average Bonchev–Trinajstić information content (AvgIpc) is 2.66. The van der Waals surface area contributed by atoms with Gasteiger partial charge in [-0.25, -0.2) is 4.39 Å². The zero-order chi connectivity index (χ0) is 19.4. The summed E-state index contributed by atoms with van der Waals surface area (Å²) >= 11 is 6.15. The molecule has 0 aromatic heterocycles. The van der Waals surface area contributed by atoms with Crippen LogP contribution in [0.2, 0.25) is 5.02 Å². The van der Waals surface area contributed by atoms with Crippen LogP contribution >= 0.6 is 11.6 Å². The van der Waals surface area contributed by atoms with Gasteiger partial charge in [0.2, 0.25) is 11.8 Å². The normalized spacial score (nSPS) is 21.7. The molecule has 7 heteroatoms. The van der Waals surface area contributed by atoms with Crippen molar-refractivity contribution in [3.8, 4) is 0 Å². The van der Waals surface area contributed by atoms with Crippen molar-refractivity contribution in [3.63, 3.8) is 0 Å². The lowest BCUT2D eigenvalue weighted by Gasteiger charge is -2.37. The van der Waals surface area contributed by atoms with Crippen molar-refractivity contribution in [3.05, 3.63) is 34.6 Å². The molecule has 2 amide bonds. The van der Waals surface area contributed by atoms with Gasteiger partial charge in [-0.2, -0.15) is 0 Å². The largest absolute Gasteiger partial charge is 0.353 e. The lowest BCUT2D eigenvalue weighted by Crippen LogP contribution is -2.56. The fourth-order valence-electron chi connectivity index (χ4n) is 4.02. The quantitative estimate of drug-likeness (QED) is 0.833. The van der Waals surface area contributed by atoms with Crippen molar-refractivity contribution in [2.24, 2.45) is 0 Å². The molecule has 2 aliphatic rings. The van der Waals surface area contributed by atoms with Gasteiger partial charge in [0.25, 0.3) is 0 Å². The molecule has 1 aromatic rings. The molecule has 1 aliphatic carbocycles. The molecule has 0 unspecified atom stereocenters. The number of amides is 2. The molecule has 0 radical (unpaired) electrons. The highest BCUT2D eigenvalue weighted by atomic mass is 35.5. The Bertz CT molecular complexity index is 694. The summed E-state index contributed by atoms with van der Waals surface area (Å²) < 4.78 is 13.3. The molecule has 1 atom stereocenters. The van der Waals surface area contributed by atoms with Crippen molar-refractivity contribution in [2.75, 3.05) is 20.1 Å². The minimum Gasteiger partial charge on any atom is -0.353 e. The Morgan fingerprint density at radius 1 is 1.33 bits per heavy atom. The summed E-state index contributed by atoms with van der Waals surface area (Å²) in [7, 11) is 1.85. The molecule has 148 valence electrons. The van der Waals surface area contributed by atoms with E-state index in [2.05, 4.69) is 5.32 Å². The molecule has 1 saturated heterocycles. The summed E-state index contributed by atoms with van der Waals surface area (Å²) in [5, 5.41) is 3.19. The Morgan fingerprint density at radius 2 is 2.07 bits per heavy atom. The monoisotopic (exact) mass is 395 g/mol. The van der Waals surface area contributed by atoms with Gasteiger partial charge < -0.3 is 10.2 Å². The van der Waals surface area contributed by atoms with E-state index in [1.165, 1.54) is 18.6 Å². The molecule has 27 heavy (non-hydrogen) atoms. The number of piperazine rings is 1. The fourth-order valence-corrected chi connectivity index (χ4v) is 4.25. The Balaban J connectivity index is 1.68. The number of hydrogen-bond acceptors (Lipinski definition) is 3. The Morgan fingerprint density at radius 3 is 2.78 bits per heavy atom. The molecule has 2 fully saturated rings. The van der Waals surface area contributed by atoms with Crippen LogP contribution in [0.25, 0.3) is 0 Å².